The topological polar surface area (TPSA) is 70.6 Å². The lowest BCUT2D eigenvalue weighted by atomic mass is 10.2. The summed E-state index contributed by atoms with van der Waals surface area (Å²) in [5.74, 6) is 0.194. The zero-order valence-corrected chi connectivity index (χ0v) is 15.2. The van der Waals surface area contributed by atoms with Crippen LogP contribution in [0.15, 0.2) is 29.3 Å². The molecule has 0 bridgehead atoms. The molecule has 1 rings (SSSR count). The van der Waals surface area contributed by atoms with Crippen molar-refractivity contribution in [2.45, 2.75) is 13.5 Å². The summed E-state index contributed by atoms with van der Waals surface area (Å²) in [5.41, 5.74) is 0.493. The van der Waals surface area contributed by atoms with Crippen LogP contribution in [0.3, 0.4) is 0 Å². The van der Waals surface area contributed by atoms with Gasteiger partial charge in [-0.15, -0.1) is 24.0 Å². The number of aliphatic imine (C=N–C) groups is 1. The Morgan fingerprint density at radius 3 is 2.52 bits per heavy atom. The number of benzene rings is 1. The first-order chi connectivity index (χ1) is 9.42. The van der Waals surface area contributed by atoms with E-state index in [0.29, 0.717) is 18.1 Å². The Kier molecular flexibility index (Phi) is 9.51. The molecule has 1 aromatic carbocycles. The van der Waals surface area contributed by atoms with E-state index in [4.69, 9.17) is 0 Å². The van der Waals surface area contributed by atoms with E-state index >= 15 is 0 Å². The van der Waals surface area contributed by atoms with Gasteiger partial charge in [-0.2, -0.15) is 0 Å². The third-order valence-electron chi connectivity index (χ3n) is 2.47. The van der Waals surface area contributed by atoms with Gasteiger partial charge in [0, 0.05) is 24.9 Å². The zero-order valence-electron chi connectivity index (χ0n) is 12.1. The van der Waals surface area contributed by atoms with Crippen molar-refractivity contribution in [3.05, 3.63) is 35.6 Å². The van der Waals surface area contributed by atoms with Gasteiger partial charge in [-0.1, -0.05) is 18.2 Å². The monoisotopic (exact) mass is 429 g/mol. The van der Waals surface area contributed by atoms with E-state index in [0.717, 1.165) is 0 Å². The second-order valence-corrected chi connectivity index (χ2v) is 6.60. The number of sulfone groups is 1. The molecule has 0 aromatic heterocycles. The average molecular weight is 429 g/mol. The van der Waals surface area contributed by atoms with Crippen LogP contribution in [0.1, 0.15) is 12.5 Å². The Morgan fingerprint density at radius 1 is 1.29 bits per heavy atom. The fourth-order valence-electron chi connectivity index (χ4n) is 1.49. The molecule has 1 aromatic rings. The highest BCUT2D eigenvalue weighted by atomic mass is 127. The average Bonchev–Trinajstić information content (AvgIpc) is 2.36. The third kappa shape index (κ3) is 8.86. The third-order valence-corrected chi connectivity index (χ3v) is 3.42. The number of hydrogen-bond acceptors (Lipinski definition) is 3. The predicted octanol–water partition coefficient (Wildman–Crippen LogP) is 1.54. The molecule has 5 nitrogen and oxygen atoms in total. The maximum Gasteiger partial charge on any atom is 0.191 e. The summed E-state index contributed by atoms with van der Waals surface area (Å²) in [6.45, 7) is 3.00. The summed E-state index contributed by atoms with van der Waals surface area (Å²) in [5, 5.41) is 5.88. The van der Waals surface area contributed by atoms with Crippen LogP contribution >= 0.6 is 24.0 Å². The van der Waals surface area contributed by atoms with Crippen LogP contribution in [0.5, 0.6) is 0 Å². The van der Waals surface area contributed by atoms with Crippen LogP contribution in [-0.4, -0.2) is 39.5 Å². The van der Waals surface area contributed by atoms with Crippen molar-refractivity contribution in [2.75, 3.05) is 25.1 Å². The van der Waals surface area contributed by atoms with Gasteiger partial charge in [0.2, 0.25) is 0 Å². The van der Waals surface area contributed by atoms with Crippen LogP contribution in [0.2, 0.25) is 0 Å². The molecule has 2 N–H and O–H groups in total. The Morgan fingerprint density at radius 2 is 1.95 bits per heavy atom. The summed E-state index contributed by atoms with van der Waals surface area (Å²) >= 11 is 0. The van der Waals surface area contributed by atoms with Crippen LogP contribution < -0.4 is 10.6 Å². The highest BCUT2D eigenvalue weighted by molar-refractivity contribution is 14.0. The smallest absolute Gasteiger partial charge is 0.191 e. The molecule has 0 spiro atoms. The SMILES string of the molecule is CCNC(=NCc1ccccc1F)NCCS(C)(=O)=O.I. The number of nitrogens with zero attached hydrogens (tertiary/aromatic N) is 1. The van der Waals surface area contributed by atoms with Crippen molar-refractivity contribution in [2.24, 2.45) is 4.99 Å². The van der Waals surface area contributed by atoms with Gasteiger partial charge in [-0.3, -0.25) is 0 Å². The lowest BCUT2D eigenvalue weighted by molar-refractivity contribution is 0.600. The molecular weight excluding hydrogens is 408 g/mol. The zero-order chi connectivity index (χ0) is 15.0. The minimum atomic E-state index is -3.01. The van der Waals surface area contributed by atoms with E-state index in [2.05, 4.69) is 15.6 Å². The van der Waals surface area contributed by atoms with E-state index in [1.54, 1.807) is 18.2 Å². The maximum atomic E-state index is 13.4. The predicted molar refractivity (Wildman–Crippen MR) is 94.3 cm³/mol. The second-order valence-electron chi connectivity index (χ2n) is 4.34. The second kappa shape index (κ2) is 9.93. The van der Waals surface area contributed by atoms with Gasteiger partial charge >= 0.3 is 0 Å². The lowest BCUT2D eigenvalue weighted by Crippen LogP contribution is -2.39. The molecule has 0 amide bonds. The quantitative estimate of drug-likeness (QED) is 0.409. The maximum absolute atomic E-state index is 13.4. The molecule has 0 unspecified atom stereocenters. The molecule has 0 aliphatic carbocycles. The Bertz CT molecular complexity index is 564. The van der Waals surface area contributed by atoms with Crippen molar-refractivity contribution in [1.29, 1.82) is 0 Å². The van der Waals surface area contributed by atoms with E-state index < -0.39 is 9.84 Å². The van der Waals surface area contributed by atoms with E-state index in [1.165, 1.54) is 12.3 Å². The van der Waals surface area contributed by atoms with Gasteiger partial charge < -0.3 is 10.6 Å². The van der Waals surface area contributed by atoms with Crippen molar-refractivity contribution in [1.82, 2.24) is 10.6 Å². The van der Waals surface area contributed by atoms with Gasteiger partial charge in [0.1, 0.15) is 15.7 Å². The molecular formula is C13H21FIN3O2S. The standard InChI is InChI=1S/C13H20FN3O2S.HI/c1-3-15-13(16-8-9-20(2,18)19)17-10-11-6-4-5-7-12(11)14;/h4-7H,3,8-10H2,1-2H3,(H2,15,16,17);1H. The summed E-state index contributed by atoms with van der Waals surface area (Å²) in [6, 6.07) is 6.42. The van der Waals surface area contributed by atoms with Crippen LogP contribution in [0.25, 0.3) is 0 Å². The van der Waals surface area contributed by atoms with Crippen molar-refractivity contribution < 1.29 is 12.8 Å². The molecule has 0 radical (unpaired) electrons. The molecule has 8 heteroatoms. The van der Waals surface area contributed by atoms with E-state index in [9.17, 15) is 12.8 Å². The van der Waals surface area contributed by atoms with Gasteiger partial charge in [0.25, 0.3) is 0 Å². The van der Waals surface area contributed by atoms with Crippen LogP contribution in [0.4, 0.5) is 4.39 Å². The molecule has 0 fully saturated rings. The molecule has 0 saturated heterocycles. The molecule has 0 atom stereocenters. The van der Waals surface area contributed by atoms with Crippen molar-refractivity contribution in [3.8, 4) is 0 Å². The molecule has 0 aliphatic heterocycles. The Hall–Kier alpha value is -0.900. The summed E-state index contributed by atoms with van der Waals surface area (Å²) in [7, 11) is -3.01. The molecule has 0 saturated carbocycles. The fourth-order valence-corrected chi connectivity index (χ4v) is 1.96. The first-order valence-electron chi connectivity index (χ1n) is 6.35. The number of nitrogens with one attached hydrogen (secondary N) is 2. The minimum absolute atomic E-state index is 0. The molecule has 0 heterocycles. The molecule has 120 valence electrons. The number of guanidine groups is 1. The van der Waals surface area contributed by atoms with E-state index in [1.807, 2.05) is 6.92 Å². The van der Waals surface area contributed by atoms with Gasteiger partial charge in [0.05, 0.1) is 12.3 Å². The number of halogens is 2. The summed E-state index contributed by atoms with van der Waals surface area (Å²) in [4.78, 5) is 4.22. The Balaban J connectivity index is 0.00000400. The number of hydrogen-bond donors (Lipinski definition) is 2. The van der Waals surface area contributed by atoms with Gasteiger partial charge in [-0.25, -0.2) is 17.8 Å². The highest BCUT2D eigenvalue weighted by Gasteiger charge is 2.04. The number of rotatable bonds is 6. The van der Waals surface area contributed by atoms with Crippen LogP contribution in [0, 0.1) is 5.82 Å². The normalized spacial score (nSPS) is 11.7. The molecule has 21 heavy (non-hydrogen) atoms. The van der Waals surface area contributed by atoms with Crippen molar-refractivity contribution >= 4 is 39.8 Å². The van der Waals surface area contributed by atoms with Gasteiger partial charge in [0.15, 0.2) is 5.96 Å². The lowest BCUT2D eigenvalue weighted by Gasteiger charge is -2.10. The molecule has 0 aliphatic rings. The van der Waals surface area contributed by atoms with Crippen molar-refractivity contribution in [3.63, 3.8) is 0 Å². The minimum Gasteiger partial charge on any atom is -0.357 e. The van der Waals surface area contributed by atoms with Crippen LogP contribution in [-0.2, 0) is 16.4 Å². The van der Waals surface area contributed by atoms with Gasteiger partial charge in [-0.05, 0) is 13.0 Å². The van der Waals surface area contributed by atoms with E-state index in [-0.39, 0.29) is 48.6 Å². The Labute approximate surface area is 142 Å². The summed E-state index contributed by atoms with van der Waals surface area (Å²) < 4.78 is 35.5. The highest BCUT2D eigenvalue weighted by Crippen LogP contribution is 2.07. The largest absolute Gasteiger partial charge is 0.357 e. The first kappa shape index (κ1) is 20.1. The first-order valence-corrected chi connectivity index (χ1v) is 8.41. The summed E-state index contributed by atoms with van der Waals surface area (Å²) in [6.07, 6.45) is 1.18. The fraction of sp³-hybridized carbons (Fsp3) is 0.462.